The molecule has 3 aromatic heterocycles. The van der Waals surface area contributed by atoms with E-state index in [-0.39, 0.29) is 11.9 Å². The number of para-hydroxylation sites is 1. The molecule has 4 aromatic rings. The summed E-state index contributed by atoms with van der Waals surface area (Å²) in [6.07, 6.45) is 6.45. The van der Waals surface area contributed by atoms with Gasteiger partial charge in [0.2, 0.25) is 11.9 Å². The quantitative estimate of drug-likeness (QED) is 0.478. The summed E-state index contributed by atoms with van der Waals surface area (Å²) in [5, 5.41) is 16.4. The van der Waals surface area contributed by atoms with Crippen LogP contribution in [0.4, 0.5) is 5.95 Å². The van der Waals surface area contributed by atoms with Crippen LogP contribution in [0, 0.1) is 0 Å². The maximum Gasteiger partial charge on any atom is 0.242 e. The van der Waals surface area contributed by atoms with Gasteiger partial charge in [-0.15, -0.1) is 5.10 Å². The number of benzene rings is 1. The molecule has 0 radical (unpaired) electrons. The molecule has 1 atom stereocenters. The van der Waals surface area contributed by atoms with Crippen molar-refractivity contribution in [2.45, 2.75) is 31.8 Å². The number of carbonyl (C=O) groups is 1. The zero-order valence-corrected chi connectivity index (χ0v) is 18.3. The van der Waals surface area contributed by atoms with Gasteiger partial charge in [0.05, 0.1) is 23.8 Å². The minimum absolute atomic E-state index is 0.00637. The molecule has 1 aliphatic heterocycles. The van der Waals surface area contributed by atoms with E-state index in [2.05, 4.69) is 20.6 Å². The monoisotopic (exact) mass is 433 g/mol. The van der Waals surface area contributed by atoms with E-state index in [0.29, 0.717) is 24.0 Å². The third kappa shape index (κ3) is 4.01. The van der Waals surface area contributed by atoms with E-state index in [1.54, 1.807) is 10.7 Å². The highest BCUT2D eigenvalue weighted by Gasteiger charge is 2.23. The second kappa shape index (κ2) is 8.54. The van der Waals surface area contributed by atoms with Crippen LogP contribution < -0.4 is 10.6 Å². The Hall–Kier alpha value is -3.53. The third-order valence-electron chi connectivity index (χ3n) is 5.69. The van der Waals surface area contributed by atoms with Crippen LogP contribution in [0.15, 0.2) is 36.7 Å². The summed E-state index contributed by atoms with van der Waals surface area (Å²) in [6, 6.07) is 7.49. The van der Waals surface area contributed by atoms with Crippen molar-refractivity contribution in [2.75, 3.05) is 32.5 Å². The van der Waals surface area contributed by atoms with Gasteiger partial charge < -0.3 is 15.5 Å². The molecule has 4 heterocycles. The Morgan fingerprint density at radius 2 is 2.09 bits per heavy atom. The number of fused-ring (bicyclic) bond motifs is 3. The number of likely N-dealkylation sites (N-methyl/N-ethyl adjacent to an activating group) is 1. The summed E-state index contributed by atoms with van der Waals surface area (Å²) in [6.45, 7) is 2.39. The van der Waals surface area contributed by atoms with Crippen molar-refractivity contribution in [3.8, 4) is 11.4 Å². The Labute approximate surface area is 185 Å². The smallest absolute Gasteiger partial charge is 0.242 e. The van der Waals surface area contributed by atoms with Gasteiger partial charge in [-0.25, -0.2) is 9.97 Å². The lowest BCUT2D eigenvalue weighted by Gasteiger charge is -2.16. The van der Waals surface area contributed by atoms with Crippen molar-refractivity contribution in [1.82, 2.24) is 39.6 Å². The van der Waals surface area contributed by atoms with Gasteiger partial charge in [-0.1, -0.05) is 12.1 Å². The maximum absolute atomic E-state index is 12.5. The van der Waals surface area contributed by atoms with Gasteiger partial charge in [-0.2, -0.15) is 9.61 Å². The Kier molecular flexibility index (Phi) is 5.44. The number of amides is 1. The number of nitrogens with one attached hydrogen (secondary N) is 2. The molecule has 5 rings (SSSR count). The van der Waals surface area contributed by atoms with Gasteiger partial charge >= 0.3 is 0 Å². The van der Waals surface area contributed by atoms with Crippen LogP contribution in [0.2, 0.25) is 0 Å². The van der Waals surface area contributed by atoms with E-state index >= 15 is 0 Å². The van der Waals surface area contributed by atoms with E-state index in [1.165, 1.54) is 0 Å². The van der Waals surface area contributed by atoms with Crippen LogP contribution in [0.5, 0.6) is 0 Å². The second-order valence-electron chi connectivity index (χ2n) is 8.40. The molecule has 0 unspecified atom stereocenters. The molecule has 2 N–H and O–H groups in total. The number of hydrogen-bond acceptors (Lipinski definition) is 7. The molecule has 1 aromatic carbocycles. The molecule has 1 aliphatic rings. The average Bonchev–Trinajstić information content (AvgIpc) is 3.39. The van der Waals surface area contributed by atoms with Crippen LogP contribution in [0.3, 0.4) is 0 Å². The lowest BCUT2D eigenvalue weighted by Crippen LogP contribution is -2.38. The van der Waals surface area contributed by atoms with E-state index in [4.69, 9.17) is 15.1 Å². The highest BCUT2D eigenvalue weighted by atomic mass is 16.2. The van der Waals surface area contributed by atoms with Crippen LogP contribution >= 0.6 is 0 Å². The fraction of sp³-hybridized carbons (Fsp3) is 0.409. The van der Waals surface area contributed by atoms with Gasteiger partial charge in [0.1, 0.15) is 6.04 Å². The fourth-order valence-corrected chi connectivity index (χ4v) is 3.91. The fourth-order valence-electron chi connectivity index (χ4n) is 3.91. The highest BCUT2D eigenvalue weighted by molar-refractivity contribution is 5.93. The summed E-state index contributed by atoms with van der Waals surface area (Å²) in [5.74, 6) is 1.08. The first kappa shape index (κ1) is 20.4. The molecule has 1 amide bonds. The Bertz CT molecular complexity index is 1260. The van der Waals surface area contributed by atoms with Crippen molar-refractivity contribution < 1.29 is 4.79 Å². The number of nitrogens with zero attached hydrogens (tertiary/aromatic N) is 7. The van der Waals surface area contributed by atoms with Crippen molar-refractivity contribution in [2.24, 2.45) is 0 Å². The van der Waals surface area contributed by atoms with Crippen LogP contribution in [0.25, 0.3) is 27.9 Å². The number of anilines is 1. The zero-order valence-electron chi connectivity index (χ0n) is 18.3. The molecule has 32 heavy (non-hydrogen) atoms. The SMILES string of the molecule is CN(C)CCn1cc(-c2nc3c4ccccc4nc(N[C@@H]4CCCCNC4=O)n3n2)cn1. The Balaban J connectivity index is 1.55. The lowest BCUT2D eigenvalue weighted by molar-refractivity contribution is -0.121. The molecule has 1 fully saturated rings. The molecule has 1 saturated heterocycles. The van der Waals surface area contributed by atoms with Crippen molar-refractivity contribution in [1.29, 1.82) is 0 Å². The second-order valence-corrected chi connectivity index (χ2v) is 8.40. The highest BCUT2D eigenvalue weighted by Crippen LogP contribution is 2.25. The van der Waals surface area contributed by atoms with E-state index in [0.717, 1.165) is 48.8 Å². The zero-order chi connectivity index (χ0) is 22.1. The number of hydrogen-bond donors (Lipinski definition) is 2. The van der Waals surface area contributed by atoms with E-state index in [9.17, 15) is 4.79 Å². The van der Waals surface area contributed by atoms with Crippen molar-refractivity contribution >= 4 is 28.4 Å². The molecule has 0 bridgehead atoms. The number of carbonyl (C=O) groups excluding carboxylic acids is 1. The standard InChI is InChI=1S/C22H27N9O/c1-29(2)11-12-30-14-15(13-24-30)19-27-20-16-7-3-4-8-17(16)25-22(31(20)28-19)26-18-9-5-6-10-23-21(18)32/h3-4,7-8,13-14,18H,5-6,9-12H2,1-2H3,(H,23,32)(H,25,26)/t18-/m1/s1. The minimum Gasteiger partial charge on any atom is -0.354 e. The van der Waals surface area contributed by atoms with Crippen LogP contribution in [0.1, 0.15) is 19.3 Å². The molecular weight excluding hydrogens is 406 g/mol. The first-order chi connectivity index (χ1) is 15.6. The molecular formula is C22H27N9O. The molecule has 10 nitrogen and oxygen atoms in total. The minimum atomic E-state index is -0.351. The first-order valence-electron chi connectivity index (χ1n) is 11.0. The van der Waals surface area contributed by atoms with Gasteiger partial charge in [0.25, 0.3) is 0 Å². The predicted octanol–water partition coefficient (Wildman–Crippen LogP) is 1.78. The van der Waals surface area contributed by atoms with Crippen molar-refractivity contribution in [3.05, 3.63) is 36.7 Å². The number of aromatic nitrogens is 6. The van der Waals surface area contributed by atoms with Gasteiger partial charge in [0.15, 0.2) is 11.5 Å². The predicted molar refractivity (Wildman–Crippen MR) is 122 cm³/mol. The number of rotatable bonds is 6. The summed E-state index contributed by atoms with van der Waals surface area (Å²) in [7, 11) is 4.07. The van der Waals surface area contributed by atoms with Crippen LogP contribution in [-0.2, 0) is 11.3 Å². The van der Waals surface area contributed by atoms with Gasteiger partial charge in [0, 0.05) is 24.7 Å². The lowest BCUT2D eigenvalue weighted by atomic mass is 10.1. The summed E-state index contributed by atoms with van der Waals surface area (Å²) < 4.78 is 3.60. The topological polar surface area (TPSA) is 105 Å². The first-order valence-corrected chi connectivity index (χ1v) is 11.0. The molecule has 0 spiro atoms. The Morgan fingerprint density at radius 1 is 1.22 bits per heavy atom. The molecule has 10 heteroatoms. The molecule has 0 saturated carbocycles. The summed E-state index contributed by atoms with van der Waals surface area (Å²) >= 11 is 0. The molecule has 0 aliphatic carbocycles. The maximum atomic E-state index is 12.5. The van der Waals surface area contributed by atoms with Gasteiger partial charge in [-0.3, -0.25) is 9.48 Å². The molecule has 166 valence electrons. The van der Waals surface area contributed by atoms with E-state index in [1.807, 2.05) is 49.2 Å². The normalized spacial score (nSPS) is 17.1. The van der Waals surface area contributed by atoms with Crippen LogP contribution in [-0.4, -0.2) is 73.4 Å². The summed E-state index contributed by atoms with van der Waals surface area (Å²) in [4.78, 5) is 24.2. The largest absolute Gasteiger partial charge is 0.354 e. The third-order valence-corrected chi connectivity index (χ3v) is 5.69. The van der Waals surface area contributed by atoms with E-state index < -0.39 is 0 Å². The average molecular weight is 434 g/mol. The van der Waals surface area contributed by atoms with Crippen molar-refractivity contribution in [3.63, 3.8) is 0 Å². The Morgan fingerprint density at radius 3 is 2.97 bits per heavy atom. The van der Waals surface area contributed by atoms with Gasteiger partial charge in [-0.05, 0) is 45.5 Å². The summed E-state index contributed by atoms with van der Waals surface area (Å²) in [5.41, 5.74) is 2.34.